The third-order valence-electron chi connectivity index (χ3n) is 2.62. The Morgan fingerprint density at radius 3 is 2.61 bits per heavy atom. The quantitative estimate of drug-likeness (QED) is 0.858. The van der Waals surface area contributed by atoms with Crippen molar-refractivity contribution in [2.75, 3.05) is 19.8 Å². The van der Waals surface area contributed by atoms with Crippen molar-refractivity contribution in [2.24, 2.45) is 0 Å². The summed E-state index contributed by atoms with van der Waals surface area (Å²) >= 11 is 5.55. The smallest absolute Gasteiger partial charge is 0.378 e. The van der Waals surface area contributed by atoms with Gasteiger partial charge in [-0.2, -0.15) is 13.2 Å². The van der Waals surface area contributed by atoms with Crippen LogP contribution in [0.4, 0.5) is 13.2 Å². The molecule has 2 rings (SSSR count). The molecule has 1 aliphatic heterocycles. The van der Waals surface area contributed by atoms with E-state index in [1.165, 1.54) is 6.07 Å². The van der Waals surface area contributed by atoms with Gasteiger partial charge in [-0.1, -0.05) is 17.7 Å². The lowest BCUT2D eigenvalue weighted by molar-refractivity contribution is -0.137. The molecule has 0 amide bonds. The molecule has 0 radical (unpaired) electrons. The molecular weight excluding hydrogens is 290 g/mol. The van der Waals surface area contributed by atoms with E-state index in [1.54, 1.807) is 6.07 Å². The second-order valence-corrected chi connectivity index (χ2v) is 4.23. The van der Waals surface area contributed by atoms with E-state index in [2.05, 4.69) is 5.32 Å². The van der Waals surface area contributed by atoms with Crippen molar-refractivity contribution in [3.05, 3.63) is 34.3 Å². The van der Waals surface area contributed by atoms with Crippen molar-refractivity contribution in [1.29, 1.82) is 0 Å². The highest BCUT2D eigenvalue weighted by Crippen LogP contribution is 2.36. The SMILES string of the molecule is Cl.FC(F)(F)c1cc([C@@H]2COCCN2)ccc1Cl. The highest BCUT2D eigenvalue weighted by Gasteiger charge is 2.34. The van der Waals surface area contributed by atoms with Crippen molar-refractivity contribution < 1.29 is 17.9 Å². The van der Waals surface area contributed by atoms with Crippen LogP contribution in [0, 0.1) is 0 Å². The molecule has 2 nitrogen and oxygen atoms in total. The first-order valence-electron chi connectivity index (χ1n) is 5.16. The number of rotatable bonds is 1. The molecule has 7 heteroatoms. The molecule has 0 aliphatic carbocycles. The second-order valence-electron chi connectivity index (χ2n) is 3.82. The molecule has 0 aromatic heterocycles. The molecule has 1 saturated heterocycles. The molecule has 0 spiro atoms. The van der Waals surface area contributed by atoms with Crippen LogP contribution >= 0.6 is 24.0 Å². The number of morpholine rings is 1. The van der Waals surface area contributed by atoms with Crippen LogP contribution in [-0.4, -0.2) is 19.8 Å². The zero-order chi connectivity index (χ0) is 12.5. The minimum atomic E-state index is -4.43. The highest BCUT2D eigenvalue weighted by molar-refractivity contribution is 6.31. The minimum Gasteiger partial charge on any atom is -0.378 e. The lowest BCUT2D eigenvalue weighted by Crippen LogP contribution is -2.34. The number of hydrogen-bond acceptors (Lipinski definition) is 2. The number of nitrogens with one attached hydrogen (secondary N) is 1. The Bertz CT molecular complexity index is 406. The molecule has 0 unspecified atom stereocenters. The molecule has 1 N–H and O–H groups in total. The Labute approximate surface area is 114 Å². The molecule has 18 heavy (non-hydrogen) atoms. The Hall–Kier alpha value is -0.490. The fraction of sp³-hybridized carbons (Fsp3) is 0.455. The predicted octanol–water partition coefficient (Wildman–Crippen LogP) is 3.44. The average molecular weight is 302 g/mol. The van der Waals surface area contributed by atoms with Crippen LogP contribution in [0.1, 0.15) is 17.2 Å². The van der Waals surface area contributed by atoms with Crippen LogP contribution in [0.15, 0.2) is 18.2 Å². The van der Waals surface area contributed by atoms with E-state index in [0.29, 0.717) is 25.3 Å². The number of alkyl halides is 3. The molecule has 0 bridgehead atoms. The van der Waals surface area contributed by atoms with Gasteiger partial charge in [-0.05, 0) is 17.7 Å². The Kier molecular flexibility index (Phi) is 5.28. The first-order chi connectivity index (χ1) is 7.98. The normalized spacial score (nSPS) is 20.3. The third-order valence-corrected chi connectivity index (χ3v) is 2.95. The van der Waals surface area contributed by atoms with Gasteiger partial charge >= 0.3 is 6.18 Å². The minimum absolute atomic E-state index is 0. The third kappa shape index (κ3) is 3.51. The van der Waals surface area contributed by atoms with Crippen LogP contribution in [-0.2, 0) is 10.9 Å². The summed E-state index contributed by atoms with van der Waals surface area (Å²) < 4.78 is 43.2. The maximum absolute atomic E-state index is 12.7. The first-order valence-corrected chi connectivity index (χ1v) is 5.54. The standard InChI is InChI=1S/C11H11ClF3NO.ClH/c12-9-2-1-7(5-8(9)11(13,14)15)10-6-17-4-3-16-10;/h1-2,5,10,16H,3-4,6H2;1H/t10-;/m0./s1. The van der Waals surface area contributed by atoms with E-state index in [9.17, 15) is 13.2 Å². The van der Waals surface area contributed by atoms with Crippen LogP contribution < -0.4 is 5.32 Å². The van der Waals surface area contributed by atoms with Gasteiger partial charge in [-0.25, -0.2) is 0 Å². The number of halogens is 5. The molecule has 1 heterocycles. The fourth-order valence-electron chi connectivity index (χ4n) is 1.76. The van der Waals surface area contributed by atoms with E-state index in [0.717, 1.165) is 6.07 Å². The van der Waals surface area contributed by atoms with E-state index < -0.39 is 11.7 Å². The van der Waals surface area contributed by atoms with Crippen LogP contribution in [0.2, 0.25) is 5.02 Å². The van der Waals surface area contributed by atoms with Crippen molar-refractivity contribution in [3.8, 4) is 0 Å². The molecule has 1 atom stereocenters. The van der Waals surface area contributed by atoms with Crippen molar-refractivity contribution in [2.45, 2.75) is 12.2 Å². The summed E-state index contributed by atoms with van der Waals surface area (Å²) in [6, 6.07) is 3.73. The van der Waals surface area contributed by atoms with Crippen molar-refractivity contribution in [1.82, 2.24) is 5.32 Å². The number of benzene rings is 1. The zero-order valence-electron chi connectivity index (χ0n) is 9.26. The van der Waals surface area contributed by atoms with Crippen LogP contribution in [0.25, 0.3) is 0 Å². The summed E-state index contributed by atoms with van der Waals surface area (Å²) in [6.45, 7) is 1.59. The van der Waals surface area contributed by atoms with Crippen molar-refractivity contribution >= 4 is 24.0 Å². The van der Waals surface area contributed by atoms with Gasteiger partial charge in [0.1, 0.15) is 0 Å². The topological polar surface area (TPSA) is 21.3 Å². The molecule has 1 fully saturated rings. The Balaban J connectivity index is 0.00000162. The van der Waals surface area contributed by atoms with Gasteiger partial charge in [-0.15, -0.1) is 12.4 Å². The maximum atomic E-state index is 12.7. The number of ether oxygens (including phenoxy) is 1. The van der Waals surface area contributed by atoms with Gasteiger partial charge in [0, 0.05) is 6.54 Å². The predicted molar refractivity (Wildman–Crippen MR) is 65.3 cm³/mol. The maximum Gasteiger partial charge on any atom is 0.417 e. The lowest BCUT2D eigenvalue weighted by atomic mass is 10.0. The van der Waals surface area contributed by atoms with Gasteiger partial charge in [0.05, 0.1) is 29.8 Å². The Morgan fingerprint density at radius 2 is 2.06 bits per heavy atom. The monoisotopic (exact) mass is 301 g/mol. The number of hydrogen-bond donors (Lipinski definition) is 1. The molecule has 1 aromatic carbocycles. The Morgan fingerprint density at radius 1 is 1.33 bits per heavy atom. The molecule has 1 aromatic rings. The highest BCUT2D eigenvalue weighted by atomic mass is 35.5. The van der Waals surface area contributed by atoms with E-state index >= 15 is 0 Å². The summed E-state index contributed by atoms with van der Waals surface area (Å²) in [4.78, 5) is 0. The van der Waals surface area contributed by atoms with Crippen molar-refractivity contribution in [3.63, 3.8) is 0 Å². The molecular formula is C11H12Cl2F3NO. The molecule has 102 valence electrons. The van der Waals surface area contributed by atoms with E-state index in [4.69, 9.17) is 16.3 Å². The van der Waals surface area contributed by atoms with E-state index in [-0.39, 0.29) is 23.5 Å². The van der Waals surface area contributed by atoms with Gasteiger partial charge in [0.2, 0.25) is 0 Å². The van der Waals surface area contributed by atoms with Crippen LogP contribution in [0.3, 0.4) is 0 Å². The van der Waals surface area contributed by atoms with Crippen LogP contribution in [0.5, 0.6) is 0 Å². The fourth-order valence-corrected chi connectivity index (χ4v) is 1.98. The summed E-state index contributed by atoms with van der Waals surface area (Å²) in [5.74, 6) is 0. The average Bonchev–Trinajstić information content (AvgIpc) is 2.29. The van der Waals surface area contributed by atoms with Gasteiger partial charge in [0.25, 0.3) is 0 Å². The van der Waals surface area contributed by atoms with Gasteiger partial charge in [-0.3, -0.25) is 0 Å². The van der Waals surface area contributed by atoms with E-state index in [1.807, 2.05) is 0 Å². The summed E-state index contributed by atoms with van der Waals surface area (Å²) in [6.07, 6.45) is -4.43. The van der Waals surface area contributed by atoms with Gasteiger partial charge in [0.15, 0.2) is 0 Å². The first kappa shape index (κ1) is 15.6. The van der Waals surface area contributed by atoms with Gasteiger partial charge < -0.3 is 10.1 Å². The largest absolute Gasteiger partial charge is 0.417 e. The summed E-state index contributed by atoms with van der Waals surface area (Å²) in [5, 5.41) is 2.82. The zero-order valence-corrected chi connectivity index (χ0v) is 10.8. The summed E-state index contributed by atoms with van der Waals surface area (Å²) in [7, 11) is 0. The second kappa shape index (κ2) is 6.10. The lowest BCUT2D eigenvalue weighted by Gasteiger charge is -2.25. The molecule has 0 saturated carbocycles. The molecule has 1 aliphatic rings. The summed E-state index contributed by atoms with van der Waals surface area (Å²) in [5.41, 5.74) is -0.259.